The molecule has 0 aliphatic heterocycles. The van der Waals surface area contributed by atoms with E-state index in [-0.39, 0.29) is 68.1 Å². The molecule has 0 aromatic rings. The summed E-state index contributed by atoms with van der Waals surface area (Å²) in [6.45, 7) is 2.27. The molecular weight excluding hydrogens is 372 g/mol. The minimum atomic E-state index is -4.18. The molecule has 4 N–H and O–H groups in total. The second kappa shape index (κ2) is 14.6. The first-order valence-electron chi connectivity index (χ1n) is 5.19. The summed E-state index contributed by atoms with van der Waals surface area (Å²) in [6, 6.07) is 0. The van der Waals surface area contributed by atoms with Crippen LogP contribution in [0.1, 0.15) is 13.8 Å². The molecule has 0 aliphatic carbocycles. The van der Waals surface area contributed by atoms with Crippen LogP contribution in [0.15, 0.2) is 0 Å². The summed E-state index contributed by atoms with van der Waals surface area (Å²) in [5.74, 6) is -1.79. The molecule has 0 rings (SSSR count). The zero-order valence-electron chi connectivity index (χ0n) is 12.1. The van der Waals surface area contributed by atoms with E-state index in [2.05, 4.69) is 10.6 Å². The van der Waals surface area contributed by atoms with Gasteiger partial charge < -0.3 is 25.2 Å². The molecule has 0 fully saturated rings. The summed E-state index contributed by atoms with van der Waals surface area (Å²) in [7, 11) is -8.37. The van der Waals surface area contributed by atoms with Crippen LogP contribution in [-0.4, -0.2) is 106 Å². The molecule has 128 valence electrons. The molecule has 22 heavy (non-hydrogen) atoms. The van der Waals surface area contributed by atoms with E-state index in [0.29, 0.717) is 0 Å². The van der Waals surface area contributed by atoms with Crippen molar-refractivity contribution >= 4 is 69.8 Å². The van der Waals surface area contributed by atoms with Gasteiger partial charge in [0, 0.05) is 26.9 Å². The summed E-state index contributed by atoms with van der Waals surface area (Å²) in [4.78, 5) is 20.2. The Bertz CT molecular complexity index is 470. The summed E-state index contributed by atoms with van der Waals surface area (Å²) >= 11 is 0. The predicted molar refractivity (Wildman–Crippen MR) is 75.9 cm³/mol. The fourth-order valence-corrected chi connectivity index (χ4v) is 1.41. The molecule has 0 saturated heterocycles. The first kappa shape index (κ1) is 29.9. The topological polar surface area (TPSA) is 204 Å². The second-order valence-electron chi connectivity index (χ2n) is 3.49. The van der Waals surface area contributed by atoms with Gasteiger partial charge in [0.2, 0.25) is 11.8 Å². The minimum absolute atomic E-state index is 0. The smallest absolute Gasteiger partial charge is 0.748 e. The van der Waals surface area contributed by atoms with Crippen molar-refractivity contribution in [1.82, 2.24) is 10.6 Å². The third-order valence-corrected chi connectivity index (χ3v) is 2.86. The molecule has 0 aromatic heterocycles. The molecule has 0 saturated carbocycles. The Morgan fingerprint density at radius 1 is 0.818 bits per heavy atom. The fourth-order valence-electron chi connectivity index (χ4n) is 0.704. The summed E-state index contributed by atoms with van der Waals surface area (Å²) < 4.78 is 59.4. The van der Waals surface area contributed by atoms with Gasteiger partial charge in [-0.15, -0.1) is 0 Å². The fraction of sp³-hybridized carbons (Fsp3) is 0.750. The first-order chi connectivity index (χ1) is 8.83. The van der Waals surface area contributed by atoms with E-state index in [1.165, 1.54) is 13.8 Å². The van der Waals surface area contributed by atoms with Crippen LogP contribution >= 0.6 is 0 Å². The van der Waals surface area contributed by atoms with Crippen molar-refractivity contribution in [2.45, 2.75) is 13.8 Å². The maximum Gasteiger partial charge on any atom is 2.00 e. The van der Waals surface area contributed by atoms with Gasteiger partial charge in [-0.05, 0) is 0 Å². The molecule has 14 heteroatoms. The zero-order valence-corrected chi connectivity index (χ0v) is 16.0. The third kappa shape index (κ3) is 36.8. The molecule has 0 spiro atoms. The van der Waals surface area contributed by atoms with Crippen molar-refractivity contribution in [3.63, 3.8) is 0 Å². The van der Waals surface area contributed by atoms with Gasteiger partial charge in [-0.2, -0.15) is 0 Å². The molecular formula is C8H18CaN2O9S2. The van der Waals surface area contributed by atoms with Gasteiger partial charge in [-0.1, -0.05) is 0 Å². The third-order valence-electron chi connectivity index (χ3n) is 1.45. The quantitative estimate of drug-likeness (QED) is 0.338. The van der Waals surface area contributed by atoms with Crippen LogP contribution in [0.5, 0.6) is 0 Å². The Hall–Kier alpha value is -0.0203. The monoisotopic (exact) mass is 390 g/mol. The van der Waals surface area contributed by atoms with Gasteiger partial charge in [-0.25, -0.2) is 16.8 Å². The van der Waals surface area contributed by atoms with Crippen molar-refractivity contribution in [3.05, 3.63) is 0 Å². The van der Waals surface area contributed by atoms with Gasteiger partial charge in [0.25, 0.3) is 0 Å². The number of amides is 2. The number of hydrogen-bond donors (Lipinski definition) is 2. The van der Waals surface area contributed by atoms with Crippen LogP contribution in [0.25, 0.3) is 0 Å². The zero-order chi connectivity index (χ0) is 16.4. The molecule has 0 atom stereocenters. The van der Waals surface area contributed by atoms with Crippen molar-refractivity contribution in [3.8, 4) is 0 Å². The summed E-state index contributed by atoms with van der Waals surface area (Å²) in [5.41, 5.74) is 0. The normalized spacial score (nSPS) is 10.0. The molecule has 2 amide bonds. The van der Waals surface area contributed by atoms with Gasteiger partial charge in [0.1, 0.15) is 0 Å². The predicted octanol–water partition coefficient (Wildman–Crippen LogP) is -3.87. The van der Waals surface area contributed by atoms with Crippen LogP contribution in [0.2, 0.25) is 0 Å². The first-order valence-corrected chi connectivity index (χ1v) is 8.35. The van der Waals surface area contributed by atoms with Crippen molar-refractivity contribution in [2.24, 2.45) is 0 Å². The Morgan fingerprint density at radius 2 is 1.05 bits per heavy atom. The molecule has 11 nitrogen and oxygen atoms in total. The van der Waals surface area contributed by atoms with E-state index in [4.69, 9.17) is 0 Å². The second-order valence-corrected chi connectivity index (χ2v) is 6.54. The number of carbonyl (C=O) groups excluding carboxylic acids is 2. The van der Waals surface area contributed by atoms with Crippen LogP contribution < -0.4 is 10.6 Å². The van der Waals surface area contributed by atoms with Gasteiger partial charge >= 0.3 is 37.7 Å². The SMILES string of the molecule is CC(=O)NCCS(=O)(=O)[O-].CC(=O)NCCS(=O)(=O)[O-].O.[Ca+2]. The van der Waals surface area contributed by atoms with Gasteiger partial charge in [-0.3, -0.25) is 9.59 Å². The standard InChI is InChI=1S/2C4H9NO4S.Ca.H2O/c2*1-4(6)5-2-3-10(7,8)9;;/h2*2-3H2,1H3,(H,5,6)(H,7,8,9);;1H2/q;;+2;/p-2. The van der Waals surface area contributed by atoms with Crippen molar-refractivity contribution in [1.29, 1.82) is 0 Å². The minimum Gasteiger partial charge on any atom is -0.748 e. The summed E-state index contributed by atoms with van der Waals surface area (Å²) in [6.07, 6.45) is 0. The van der Waals surface area contributed by atoms with Crippen LogP contribution in [0.3, 0.4) is 0 Å². The van der Waals surface area contributed by atoms with Gasteiger partial charge in [0.05, 0.1) is 31.7 Å². The molecule has 0 heterocycles. The average Bonchev–Trinajstić information content (AvgIpc) is 2.12. The van der Waals surface area contributed by atoms with E-state index in [1.807, 2.05) is 0 Å². The van der Waals surface area contributed by atoms with Crippen LogP contribution in [0, 0.1) is 0 Å². The maximum atomic E-state index is 10.1. The summed E-state index contributed by atoms with van der Waals surface area (Å²) in [5, 5.41) is 4.37. The van der Waals surface area contributed by atoms with Crippen molar-refractivity contribution < 1.29 is 41.0 Å². The Labute approximate surface area is 159 Å². The Morgan fingerprint density at radius 3 is 1.18 bits per heavy atom. The van der Waals surface area contributed by atoms with E-state index >= 15 is 0 Å². The van der Waals surface area contributed by atoms with Gasteiger partial charge in [0.15, 0.2) is 0 Å². The number of nitrogens with one attached hydrogen (secondary N) is 2. The van der Waals surface area contributed by atoms with E-state index in [0.717, 1.165) is 0 Å². The molecule has 0 aliphatic rings. The molecule has 0 radical (unpaired) electrons. The van der Waals surface area contributed by atoms with E-state index < -0.39 is 31.7 Å². The molecule has 0 unspecified atom stereocenters. The van der Waals surface area contributed by atoms with Crippen LogP contribution in [0.4, 0.5) is 0 Å². The van der Waals surface area contributed by atoms with Crippen LogP contribution in [-0.2, 0) is 29.8 Å². The molecule has 0 bridgehead atoms. The number of hydrogen-bond acceptors (Lipinski definition) is 8. The van der Waals surface area contributed by atoms with Crippen molar-refractivity contribution in [2.75, 3.05) is 24.6 Å². The average molecular weight is 390 g/mol. The Balaban J connectivity index is -0.000000135. The largest absolute Gasteiger partial charge is 2.00 e. The molecule has 0 aromatic carbocycles. The van der Waals surface area contributed by atoms with E-state index in [1.54, 1.807) is 0 Å². The van der Waals surface area contributed by atoms with E-state index in [9.17, 15) is 35.5 Å². The number of rotatable bonds is 6. The number of carbonyl (C=O) groups is 2. The maximum absolute atomic E-state index is 10.1. The Kier molecular flexibility index (Phi) is 19.8.